The van der Waals surface area contributed by atoms with Crippen LogP contribution in [-0.2, 0) is 11.3 Å². The molecule has 0 spiro atoms. The molecule has 0 aliphatic carbocycles. The van der Waals surface area contributed by atoms with Crippen molar-refractivity contribution in [2.75, 3.05) is 20.4 Å². The molecule has 36 heavy (non-hydrogen) atoms. The highest BCUT2D eigenvalue weighted by atomic mass is 79.9. The van der Waals surface area contributed by atoms with Gasteiger partial charge in [-0.05, 0) is 72.1 Å². The van der Waals surface area contributed by atoms with E-state index in [0.29, 0.717) is 22.5 Å². The van der Waals surface area contributed by atoms with Crippen molar-refractivity contribution in [3.8, 4) is 11.4 Å². The molecule has 0 saturated carbocycles. The molecule has 2 amide bonds. The number of carbonyl (C=O) groups excluding carboxylic acids is 2. The Morgan fingerprint density at radius 1 is 1.14 bits per heavy atom. The zero-order valence-corrected chi connectivity index (χ0v) is 22.0. The number of nitrogens with zero attached hydrogens (tertiary/aromatic N) is 2. The van der Waals surface area contributed by atoms with Crippen LogP contribution >= 0.6 is 15.9 Å². The van der Waals surface area contributed by atoms with Crippen molar-refractivity contribution >= 4 is 27.9 Å². The van der Waals surface area contributed by atoms with Gasteiger partial charge in [-0.25, -0.2) is 9.18 Å². The number of hydrogen-bond acceptors (Lipinski definition) is 5. The number of ether oxygens (including phenoxy) is 2. The fraction of sp³-hybridized carbons (Fsp3) is 0.269. The van der Waals surface area contributed by atoms with Gasteiger partial charge in [0.25, 0.3) is 11.5 Å². The summed E-state index contributed by atoms with van der Waals surface area (Å²) in [5.74, 6) is -0.462. The van der Waals surface area contributed by atoms with Crippen LogP contribution in [0.3, 0.4) is 0 Å². The highest BCUT2D eigenvalue weighted by molar-refractivity contribution is 9.10. The number of nitrogens with one attached hydrogen (secondary N) is 1. The molecule has 190 valence electrons. The van der Waals surface area contributed by atoms with Gasteiger partial charge in [-0.15, -0.1) is 0 Å². The van der Waals surface area contributed by atoms with Crippen LogP contribution in [0.5, 0.6) is 5.75 Å². The van der Waals surface area contributed by atoms with Crippen molar-refractivity contribution < 1.29 is 23.5 Å². The van der Waals surface area contributed by atoms with E-state index in [-0.39, 0.29) is 36.0 Å². The lowest BCUT2D eigenvalue weighted by Gasteiger charge is -2.23. The second kappa shape index (κ2) is 11.9. The summed E-state index contributed by atoms with van der Waals surface area (Å²) in [7, 11) is 1.54. The molecule has 0 aliphatic rings. The standard InChI is InChI=1S/C26H27BrFN3O5/c1-5-35-26(34)30(14-18-7-6-8-20(28)12-18)15-36-22-11-17(3)31(25(33)23(22)27)21-13-19(24(32)29-4)10-9-16(21)2/h6-13H,5,14-15H2,1-4H3,(H,29,32). The second-order valence-corrected chi connectivity index (χ2v) is 8.78. The predicted octanol–water partition coefficient (Wildman–Crippen LogP) is 4.71. The lowest BCUT2D eigenvalue weighted by molar-refractivity contribution is 0.0689. The number of rotatable bonds is 8. The lowest BCUT2D eigenvalue weighted by Crippen LogP contribution is -2.35. The Morgan fingerprint density at radius 2 is 1.89 bits per heavy atom. The van der Waals surface area contributed by atoms with Crippen molar-refractivity contribution in [1.82, 2.24) is 14.8 Å². The van der Waals surface area contributed by atoms with Gasteiger partial charge >= 0.3 is 6.09 Å². The van der Waals surface area contributed by atoms with Gasteiger partial charge in [0, 0.05) is 24.4 Å². The Morgan fingerprint density at radius 3 is 2.56 bits per heavy atom. The van der Waals surface area contributed by atoms with E-state index >= 15 is 0 Å². The Labute approximate surface area is 216 Å². The first kappa shape index (κ1) is 26.9. The van der Waals surface area contributed by atoms with Crippen LogP contribution in [0.1, 0.15) is 34.1 Å². The van der Waals surface area contributed by atoms with Gasteiger partial charge in [0.15, 0.2) is 6.73 Å². The molecule has 1 aromatic heterocycles. The number of aryl methyl sites for hydroxylation is 2. The van der Waals surface area contributed by atoms with Gasteiger partial charge in [0.2, 0.25) is 0 Å². The summed E-state index contributed by atoms with van der Waals surface area (Å²) in [6.07, 6.45) is -0.635. The first-order valence-electron chi connectivity index (χ1n) is 11.2. The van der Waals surface area contributed by atoms with E-state index < -0.39 is 17.5 Å². The van der Waals surface area contributed by atoms with Crippen LogP contribution in [0.4, 0.5) is 9.18 Å². The van der Waals surface area contributed by atoms with E-state index in [1.807, 2.05) is 6.92 Å². The third kappa shape index (κ3) is 6.12. The molecule has 3 aromatic rings. The summed E-state index contributed by atoms with van der Waals surface area (Å²) in [6, 6.07) is 12.6. The van der Waals surface area contributed by atoms with E-state index in [0.717, 1.165) is 5.56 Å². The van der Waals surface area contributed by atoms with Gasteiger partial charge in [0.1, 0.15) is 16.0 Å². The fourth-order valence-electron chi connectivity index (χ4n) is 3.60. The van der Waals surface area contributed by atoms with E-state index in [1.165, 1.54) is 28.6 Å². The number of amides is 2. The summed E-state index contributed by atoms with van der Waals surface area (Å²) in [5, 5.41) is 2.58. The Balaban J connectivity index is 1.91. The number of aromatic nitrogens is 1. The van der Waals surface area contributed by atoms with Gasteiger partial charge < -0.3 is 14.8 Å². The van der Waals surface area contributed by atoms with Crippen LogP contribution in [0, 0.1) is 19.7 Å². The minimum Gasteiger partial charge on any atom is -0.471 e. The van der Waals surface area contributed by atoms with Crippen LogP contribution in [0.15, 0.2) is 57.8 Å². The van der Waals surface area contributed by atoms with Crippen LogP contribution < -0.4 is 15.6 Å². The predicted molar refractivity (Wildman–Crippen MR) is 137 cm³/mol. The van der Waals surface area contributed by atoms with Gasteiger partial charge in [-0.3, -0.25) is 19.1 Å². The topological polar surface area (TPSA) is 89.9 Å². The van der Waals surface area contributed by atoms with Crippen LogP contribution in [0.25, 0.3) is 5.69 Å². The molecule has 10 heteroatoms. The normalized spacial score (nSPS) is 10.6. The van der Waals surface area contributed by atoms with E-state index in [9.17, 15) is 18.8 Å². The first-order chi connectivity index (χ1) is 17.2. The summed E-state index contributed by atoms with van der Waals surface area (Å²) >= 11 is 3.32. The maximum Gasteiger partial charge on any atom is 0.412 e. The van der Waals surface area contributed by atoms with Crippen molar-refractivity contribution in [1.29, 1.82) is 0 Å². The summed E-state index contributed by atoms with van der Waals surface area (Å²) in [6.45, 7) is 5.24. The molecule has 8 nitrogen and oxygen atoms in total. The molecular weight excluding hydrogens is 533 g/mol. The minimum absolute atomic E-state index is 0.0513. The van der Waals surface area contributed by atoms with Gasteiger partial charge in [-0.1, -0.05) is 18.2 Å². The monoisotopic (exact) mass is 559 g/mol. The highest BCUT2D eigenvalue weighted by Gasteiger charge is 2.20. The number of pyridine rings is 1. The Hall–Kier alpha value is -3.66. The van der Waals surface area contributed by atoms with E-state index in [4.69, 9.17) is 9.47 Å². The molecule has 0 bridgehead atoms. The van der Waals surface area contributed by atoms with E-state index in [1.54, 1.807) is 50.2 Å². The SMILES string of the molecule is CCOC(=O)N(COc1cc(C)n(-c2cc(C(=O)NC)ccc2C)c(=O)c1Br)Cc1cccc(F)c1. The summed E-state index contributed by atoms with van der Waals surface area (Å²) < 4.78 is 26.2. The van der Waals surface area contributed by atoms with E-state index in [2.05, 4.69) is 21.2 Å². The van der Waals surface area contributed by atoms with Crippen LogP contribution in [-0.4, -0.2) is 41.9 Å². The molecule has 0 radical (unpaired) electrons. The number of hydrogen-bond donors (Lipinski definition) is 1. The molecule has 3 rings (SSSR count). The molecular formula is C26H27BrFN3O5. The molecule has 0 aliphatic heterocycles. The van der Waals surface area contributed by atoms with Gasteiger partial charge in [0.05, 0.1) is 18.8 Å². The average Bonchev–Trinajstić information content (AvgIpc) is 2.85. The van der Waals surface area contributed by atoms with Crippen molar-refractivity contribution in [2.24, 2.45) is 0 Å². The van der Waals surface area contributed by atoms with Crippen molar-refractivity contribution in [2.45, 2.75) is 27.3 Å². The molecule has 0 unspecified atom stereocenters. The second-order valence-electron chi connectivity index (χ2n) is 7.99. The largest absolute Gasteiger partial charge is 0.471 e. The number of carbonyl (C=O) groups is 2. The first-order valence-corrected chi connectivity index (χ1v) is 12.0. The lowest BCUT2D eigenvalue weighted by atomic mass is 10.1. The molecule has 0 fully saturated rings. The van der Waals surface area contributed by atoms with Crippen LogP contribution in [0.2, 0.25) is 0 Å². The summed E-state index contributed by atoms with van der Waals surface area (Å²) in [4.78, 5) is 39.2. The quantitative estimate of drug-likeness (QED) is 0.403. The molecule has 0 saturated heterocycles. The fourth-order valence-corrected chi connectivity index (χ4v) is 4.01. The maximum absolute atomic E-state index is 13.6. The smallest absolute Gasteiger partial charge is 0.412 e. The highest BCUT2D eigenvalue weighted by Crippen LogP contribution is 2.26. The molecule has 2 aromatic carbocycles. The number of halogens is 2. The Bertz CT molecular complexity index is 1340. The third-order valence-electron chi connectivity index (χ3n) is 5.40. The number of benzene rings is 2. The zero-order valence-electron chi connectivity index (χ0n) is 20.4. The molecule has 0 atom stereocenters. The molecule has 1 heterocycles. The Kier molecular flexibility index (Phi) is 8.87. The zero-order chi connectivity index (χ0) is 26.4. The maximum atomic E-state index is 13.6. The molecule has 1 N–H and O–H groups in total. The van der Waals surface area contributed by atoms with Gasteiger partial charge in [-0.2, -0.15) is 0 Å². The summed E-state index contributed by atoms with van der Waals surface area (Å²) in [5.41, 5.74) is 2.51. The third-order valence-corrected chi connectivity index (χ3v) is 6.13. The minimum atomic E-state index is -0.635. The van der Waals surface area contributed by atoms with Crippen molar-refractivity contribution in [3.63, 3.8) is 0 Å². The average molecular weight is 560 g/mol. The van der Waals surface area contributed by atoms with Crippen molar-refractivity contribution in [3.05, 3.63) is 91.6 Å².